The van der Waals surface area contributed by atoms with Crippen LogP contribution in [0.1, 0.15) is 0 Å². The van der Waals surface area contributed by atoms with Gasteiger partial charge in [0.2, 0.25) is 0 Å². The number of benzene rings is 1. The van der Waals surface area contributed by atoms with Crippen LogP contribution in [0.2, 0.25) is 0 Å². The second kappa shape index (κ2) is 5.75. The second-order valence-electron chi connectivity index (χ2n) is 4.56. The summed E-state index contributed by atoms with van der Waals surface area (Å²) in [4.78, 5) is 13.7. The van der Waals surface area contributed by atoms with E-state index in [9.17, 15) is 9.18 Å². The number of rotatable bonds is 4. The molecule has 0 saturated heterocycles. The monoisotopic (exact) mass is 261 g/mol. The number of aromatic nitrogens is 2. The van der Waals surface area contributed by atoms with Gasteiger partial charge in [0, 0.05) is 18.2 Å². The third-order valence-corrected chi connectivity index (χ3v) is 2.78. The van der Waals surface area contributed by atoms with E-state index in [1.165, 1.54) is 16.8 Å². The zero-order chi connectivity index (χ0) is 13.8. The first-order valence-corrected chi connectivity index (χ1v) is 6.06. The molecule has 0 unspecified atom stereocenters. The van der Waals surface area contributed by atoms with E-state index in [4.69, 9.17) is 0 Å². The number of halogens is 1. The lowest BCUT2D eigenvalue weighted by atomic mass is 10.1. The Balaban J connectivity index is 2.36. The molecule has 0 bridgehead atoms. The molecule has 1 heterocycles. The van der Waals surface area contributed by atoms with E-state index in [1.807, 2.05) is 19.0 Å². The molecule has 0 saturated carbocycles. The minimum absolute atomic E-state index is 0.179. The summed E-state index contributed by atoms with van der Waals surface area (Å²) in [5.74, 6) is -0.340. The Morgan fingerprint density at radius 2 is 1.95 bits per heavy atom. The Morgan fingerprint density at radius 3 is 2.63 bits per heavy atom. The Labute approximate surface area is 111 Å². The molecule has 100 valence electrons. The minimum Gasteiger partial charge on any atom is -0.308 e. The number of hydrogen-bond acceptors (Lipinski definition) is 3. The van der Waals surface area contributed by atoms with Gasteiger partial charge in [0.15, 0.2) is 0 Å². The fraction of sp³-hybridized carbons (Fsp3) is 0.286. The molecule has 0 N–H and O–H groups in total. The van der Waals surface area contributed by atoms with Crippen molar-refractivity contribution in [2.75, 3.05) is 20.6 Å². The van der Waals surface area contributed by atoms with Crippen LogP contribution in [0.4, 0.5) is 4.39 Å². The van der Waals surface area contributed by atoms with E-state index < -0.39 is 0 Å². The molecule has 5 heteroatoms. The molecule has 2 aromatic rings. The van der Waals surface area contributed by atoms with Crippen molar-refractivity contribution in [2.24, 2.45) is 0 Å². The van der Waals surface area contributed by atoms with E-state index in [0.29, 0.717) is 24.3 Å². The first-order chi connectivity index (χ1) is 9.08. The molecular formula is C14H16FN3O. The standard InChI is InChI=1S/C14H16FN3O/c1-17(2)9-10-18-14(19)8-7-13(16-18)11-5-3-4-6-12(11)15/h3-8H,9-10H2,1-2H3. The quantitative estimate of drug-likeness (QED) is 0.839. The third-order valence-electron chi connectivity index (χ3n) is 2.78. The van der Waals surface area contributed by atoms with Crippen molar-refractivity contribution in [3.63, 3.8) is 0 Å². The van der Waals surface area contributed by atoms with Crippen LogP contribution in [0.25, 0.3) is 11.3 Å². The van der Waals surface area contributed by atoms with Crippen molar-refractivity contribution >= 4 is 0 Å². The predicted octanol–water partition coefficient (Wildman–Crippen LogP) is 1.61. The zero-order valence-electron chi connectivity index (χ0n) is 11.0. The molecule has 19 heavy (non-hydrogen) atoms. The maximum Gasteiger partial charge on any atom is 0.266 e. The molecule has 0 fully saturated rings. The van der Waals surface area contributed by atoms with Gasteiger partial charge in [0.1, 0.15) is 5.82 Å². The normalized spacial score (nSPS) is 10.9. The van der Waals surface area contributed by atoms with E-state index in [1.54, 1.807) is 24.3 Å². The van der Waals surface area contributed by atoms with Crippen LogP contribution >= 0.6 is 0 Å². The third kappa shape index (κ3) is 3.26. The van der Waals surface area contributed by atoms with Crippen molar-refractivity contribution in [1.29, 1.82) is 0 Å². The van der Waals surface area contributed by atoms with Crippen molar-refractivity contribution in [3.8, 4) is 11.3 Å². The van der Waals surface area contributed by atoms with Crippen LogP contribution < -0.4 is 5.56 Å². The molecule has 0 aliphatic rings. The molecule has 0 aliphatic carbocycles. The summed E-state index contributed by atoms with van der Waals surface area (Å²) < 4.78 is 15.0. The summed E-state index contributed by atoms with van der Waals surface area (Å²) in [5, 5.41) is 4.21. The summed E-state index contributed by atoms with van der Waals surface area (Å²) in [6.07, 6.45) is 0. The Bertz CT molecular complexity index is 622. The maximum absolute atomic E-state index is 13.7. The molecule has 0 spiro atoms. The molecule has 0 aliphatic heterocycles. The summed E-state index contributed by atoms with van der Waals surface area (Å²) >= 11 is 0. The highest BCUT2D eigenvalue weighted by Crippen LogP contribution is 2.18. The Morgan fingerprint density at radius 1 is 1.21 bits per heavy atom. The summed E-state index contributed by atoms with van der Waals surface area (Å²) in [7, 11) is 3.84. The first kappa shape index (κ1) is 13.4. The van der Waals surface area contributed by atoms with E-state index in [-0.39, 0.29) is 11.4 Å². The van der Waals surface area contributed by atoms with Gasteiger partial charge in [0.25, 0.3) is 5.56 Å². The lowest BCUT2D eigenvalue weighted by Crippen LogP contribution is -2.28. The lowest BCUT2D eigenvalue weighted by molar-refractivity contribution is 0.368. The molecule has 2 rings (SSSR count). The van der Waals surface area contributed by atoms with Gasteiger partial charge < -0.3 is 4.90 Å². The molecule has 0 atom stereocenters. The van der Waals surface area contributed by atoms with Gasteiger partial charge in [-0.05, 0) is 32.3 Å². The van der Waals surface area contributed by atoms with Gasteiger partial charge in [-0.1, -0.05) is 12.1 Å². The smallest absolute Gasteiger partial charge is 0.266 e. The predicted molar refractivity (Wildman–Crippen MR) is 72.4 cm³/mol. The molecule has 0 amide bonds. The number of hydrogen-bond donors (Lipinski definition) is 0. The van der Waals surface area contributed by atoms with Gasteiger partial charge in [-0.3, -0.25) is 4.79 Å². The second-order valence-corrected chi connectivity index (χ2v) is 4.56. The minimum atomic E-state index is -0.340. The van der Waals surface area contributed by atoms with Crippen molar-refractivity contribution < 1.29 is 4.39 Å². The van der Waals surface area contributed by atoms with Crippen LogP contribution in [0.3, 0.4) is 0 Å². The molecule has 1 aromatic heterocycles. The average Bonchev–Trinajstić information content (AvgIpc) is 2.38. The van der Waals surface area contributed by atoms with Gasteiger partial charge >= 0.3 is 0 Å². The van der Waals surface area contributed by atoms with Crippen LogP contribution in [0.15, 0.2) is 41.2 Å². The Hall–Kier alpha value is -2.01. The van der Waals surface area contributed by atoms with Crippen molar-refractivity contribution in [2.45, 2.75) is 6.54 Å². The summed E-state index contributed by atoms with van der Waals surface area (Å²) in [6, 6.07) is 9.37. The van der Waals surface area contributed by atoms with Crippen LogP contribution in [0, 0.1) is 5.82 Å². The first-order valence-electron chi connectivity index (χ1n) is 6.06. The zero-order valence-corrected chi connectivity index (χ0v) is 11.0. The summed E-state index contributed by atoms with van der Waals surface area (Å²) in [6.45, 7) is 1.18. The molecule has 4 nitrogen and oxygen atoms in total. The average molecular weight is 261 g/mol. The number of likely N-dealkylation sites (N-methyl/N-ethyl adjacent to an activating group) is 1. The van der Waals surface area contributed by atoms with Crippen molar-refractivity contribution in [1.82, 2.24) is 14.7 Å². The van der Waals surface area contributed by atoms with Gasteiger partial charge in [0.05, 0.1) is 12.2 Å². The highest BCUT2D eigenvalue weighted by Gasteiger charge is 2.07. The molecule has 0 radical (unpaired) electrons. The van der Waals surface area contributed by atoms with E-state index in [2.05, 4.69) is 5.10 Å². The van der Waals surface area contributed by atoms with Crippen molar-refractivity contribution in [3.05, 3.63) is 52.6 Å². The fourth-order valence-electron chi connectivity index (χ4n) is 1.72. The van der Waals surface area contributed by atoms with Crippen LogP contribution in [-0.4, -0.2) is 35.3 Å². The SMILES string of the molecule is CN(C)CCn1nc(-c2ccccc2F)ccc1=O. The highest BCUT2D eigenvalue weighted by molar-refractivity contribution is 5.58. The van der Waals surface area contributed by atoms with Gasteiger partial charge in [-0.25, -0.2) is 9.07 Å². The van der Waals surface area contributed by atoms with Gasteiger partial charge in [-0.2, -0.15) is 5.10 Å². The largest absolute Gasteiger partial charge is 0.308 e. The van der Waals surface area contributed by atoms with E-state index in [0.717, 1.165) is 0 Å². The summed E-state index contributed by atoms with van der Waals surface area (Å²) in [5.41, 5.74) is 0.694. The topological polar surface area (TPSA) is 38.1 Å². The van der Waals surface area contributed by atoms with E-state index >= 15 is 0 Å². The Kier molecular flexibility index (Phi) is 4.06. The molecule has 1 aromatic carbocycles. The highest BCUT2D eigenvalue weighted by atomic mass is 19.1. The maximum atomic E-state index is 13.7. The fourth-order valence-corrected chi connectivity index (χ4v) is 1.72. The van der Waals surface area contributed by atoms with Crippen LogP contribution in [0.5, 0.6) is 0 Å². The van der Waals surface area contributed by atoms with Gasteiger partial charge in [-0.15, -0.1) is 0 Å². The van der Waals surface area contributed by atoms with Crippen LogP contribution in [-0.2, 0) is 6.54 Å². The molecular weight excluding hydrogens is 245 g/mol. The lowest BCUT2D eigenvalue weighted by Gasteiger charge is -2.11. The number of nitrogens with zero attached hydrogens (tertiary/aromatic N) is 3.